The Bertz CT molecular complexity index is 1250. The third-order valence-corrected chi connectivity index (χ3v) is 5.40. The van der Waals surface area contributed by atoms with Crippen LogP contribution < -0.4 is 14.9 Å². The molecule has 0 aliphatic rings. The second kappa shape index (κ2) is 11.7. The number of nitrogens with one attached hydrogen (secondary N) is 1. The standard InChI is InChI=1S/C29H28N2O3/c1-2-3-19-33-28-18-15-24-11-7-8-12-26(24)27(28)20-30-31-29(32)21-34-25-16-13-23(14-17-25)22-9-5-4-6-10-22/h4-18,20H,2-3,19,21H2,1H3,(H,31,32)/b30-20+. The molecule has 0 bridgehead atoms. The van der Waals surface area contributed by atoms with Gasteiger partial charge in [-0.1, -0.05) is 86.1 Å². The number of hydrogen-bond donors (Lipinski definition) is 1. The molecule has 4 aromatic rings. The lowest BCUT2D eigenvalue weighted by molar-refractivity contribution is -0.123. The van der Waals surface area contributed by atoms with Crippen LogP contribution in [0.15, 0.2) is 96.1 Å². The molecule has 172 valence electrons. The minimum Gasteiger partial charge on any atom is -0.493 e. The number of unbranched alkanes of at least 4 members (excludes halogenated alkanes) is 1. The second-order valence-electron chi connectivity index (χ2n) is 7.87. The van der Waals surface area contributed by atoms with Crippen LogP contribution in [0, 0.1) is 0 Å². The second-order valence-corrected chi connectivity index (χ2v) is 7.87. The van der Waals surface area contributed by atoms with Crippen molar-refractivity contribution in [3.05, 3.63) is 96.6 Å². The number of fused-ring (bicyclic) bond motifs is 1. The number of nitrogens with zero attached hydrogens (tertiary/aromatic N) is 1. The van der Waals surface area contributed by atoms with Crippen LogP contribution in [0.1, 0.15) is 25.3 Å². The number of carbonyl (C=O) groups excluding carboxylic acids is 1. The molecule has 0 spiro atoms. The van der Waals surface area contributed by atoms with E-state index in [1.54, 1.807) is 6.21 Å². The molecule has 0 aromatic heterocycles. The molecular formula is C29H28N2O3. The van der Waals surface area contributed by atoms with E-state index in [1.165, 1.54) is 0 Å². The van der Waals surface area contributed by atoms with Gasteiger partial charge in [-0.3, -0.25) is 4.79 Å². The molecule has 0 fully saturated rings. The lowest BCUT2D eigenvalue weighted by atomic mass is 10.0. The molecule has 5 heteroatoms. The summed E-state index contributed by atoms with van der Waals surface area (Å²) in [5, 5.41) is 6.26. The van der Waals surface area contributed by atoms with Crippen molar-refractivity contribution in [1.82, 2.24) is 5.43 Å². The fourth-order valence-corrected chi connectivity index (χ4v) is 3.59. The molecule has 1 N–H and O–H groups in total. The minimum atomic E-state index is -0.336. The first-order valence-corrected chi connectivity index (χ1v) is 11.5. The summed E-state index contributed by atoms with van der Waals surface area (Å²) in [6.07, 6.45) is 3.67. The monoisotopic (exact) mass is 452 g/mol. The SMILES string of the molecule is CCCCOc1ccc2ccccc2c1/C=N/NC(=O)COc1ccc(-c2ccccc2)cc1. The zero-order chi connectivity index (χ0) is 23.6. The Labute approximate surface area is 200 Å². The summed E-state index contributed by atoms with van der Waals surface area (Å²) in [6, 6.07) is 29.8. The van der Waals surface area contributed by atoms with Gasteiger partial charge in [-0.15, -0.1) is 0 Å². The van der Waals surface area contributed by atoms with E-state index < -0.39 is 0 Å². The van der Waals surface area contributed by atoms with Crippen LogP contribution in [-0.4, -0.2) is 25.3 Å². The third kappa shape index (κ3) is 6.01. The summed E-state index contributed by atoms with van der Waals surface area (Å²) < 4.78 is 11.6. The van der Waals surface area contributed by atoms with Gasteiger partial charge in [0.1, 0.15) is 11.5 Å². The fourth-order valence-electron chi connectivity index (χ4n) is 3.59. The Hall–Kier alpha value is -4.12. The maximum absolute atomic E-state index is 12.3. The molecule has 0 heterocycles. The predicted molar refractivity (Wildman–Crippen MR) is 137 cm³/mol. The first-order valence-electron chi connectivity index (χ1n) is 11.5. The average molecular weight is 453 g/mol. The van der Waals surface area contributed by atoms with E-state index in [0.29, 0.717) is 12.4 Å². The van der Waals surface area contributed by atoms with Crippen LogP contribution in [0.4, 0.5) is 0 Å². The van der Waals surface area contributed by atoms with Crippen molar-refractivity contribution < 1.29 is 14.3 Å². The van der Waals surface area contributed by atoms with Crippen molar-refractivity contribution in [3.63, 3.8) is 0 Å². The van der Waals surface area contributed by atoms with E-state index in [2.05, 4.69) is 29.6 Å². The van der Waals surface area contributed by atoms with Gasteiger partial charge in [-0.25, -0.2) is 5.43 Å². The molecule has 0 radical (unpaired) electrons. The van der Waals surface area contributed by atoms with Crippen molar-refractivity contribution >= 4 is 22.9 Å². The van der Waals surface area contributed by atoms with Crippen molar-refractivity contribution in [3.8, 4) is 22.6 Å². The third-order valence-electron chi connectivity index (χ3n) is 5.40. The highest BCUT2D eigenvalue weighted by Gasteiger charge is 2.08. The van der Waals surface area contributed by atoms with Gasteiger partial charge in [-0.2, -0.15) is 5.10 Å². The zero-order valence-electron chi connectivity index (χ0n) is 19.2. The molecule has 0 aliphatic carbocycles. The molecule has 0 aliphatic heterocycles. The molecule has 0 atom stereocenters. The molecule has 1 amide bonds. The average Bonchev–Trinajstić information content (AvgIpc) is 2.89. The molecular weight excluding hydrogens is 424 g/mol. The smallest absolute Gasteiger partial charge is 0.277 e. The van der Waals surface area contributed by atoms with Crippen LogP contribution in [0.2, 0.25) is 0 Å². The number of carbonyl (C=O) groups is 1. The normalized spacial score (nSPS) is 11.0. The number of benzene rings is 4. The van der Waals surface area contributed by atoms with Crippen LogP contribution >= 0.6 is 0 Å². The molecule has 4 rings (SSSR count). The molecule has 4 aromatic carbocycles. The van der Waals surface area contributed by atoms with E-state index in [9.17, 15) is 4.79 Å². The van der Waals surface area contributed by atoms with Crippen LogP contribution in [-0.2, 0) is 4.79 Å². The summed E-state index contributed by atoms with van der Waals surface area (Å²) in [6.45, 7) is 2.64. The summed E-state index contributed by atoms with van der Waals surface area (Å²) in [4.78, 5) is 12.3. The quantitative estimate of drug-likeness (QED) is 0.177. The molecule has 0 saturated heterocycles. The van der Waals surface area contributed by atoms with E-state index in [4.69, 9.17) is 9.47 Å². The van der Waals surface area contributed by atoms with E-state index in [1.807, 2.05) is 78.9 Å². The van der Waals surface area contributed by atoms with Crippen LogP contribution in [0.5, 0.6) is 11.5 Å². The lowest BCUT2D eigenvalue weighted by Crippen LogP contribution is -2.24. The first-order chi connectivity index (χ1) is 16.7. The molecule has 34 heavy (non-hydrogen) atoms. The highest BCUT2D eigenvalue weighted by molar-refractivity contribution is 6.02. The van der Waals surface area contributed by atoms with Gasteiger partial charge in [0, 0.05) is 5.56 Å². The van der Waals surface area contributed by atoms with Crippen molar-refractivity contribution in [2.75, 3.05) is 13.2 Å². The topological polar surface area (TPSA) is 59.9 Å². The Morgan fingerprint density at radius 3 is 2.38 bits per heavy atom. The Balaban J connectivity index is 1.37. The summed E-state index contributed by atoms with van der Waals surface area (Å²) in [5.74, 6) is 1.04. The predicted octanol–water partition coefficient (Wildman–Crippen LogP) is 6.21. The van der Waals surface area contributed by atoms with E-state index in [-0.39, 0.29) is 12.5 Å². The highest BCUT2D eigenvalue weighted by atomic mass is 16.5. The Morgan fingerprint density at radius 2 is 1.59 bits per heavy atom. The first kappa shape index (κ1) is 23.1. The van der Waals surface area contributed by atoms with Gasteiger partial charge >= 0.3 is 0 Å². The van der Waals surface area contributed by atoms with Gasteiger partial charge < -0.3 is 9.47 Å². The maximum atomic E-state index is 12.3. The lowest BCUT2D eigenvalue weighted by Gasteiger charge is -2.11. The zero-order valence-corrected chi connectivity index (χ0v) is 19.2. The van der Waals surface area contributed by atoms with E-state index in [0.717, 1.165) is 46.1 Å². The summed E-state index contributed by atoms with van der Waals surface area (Å²) >= 11 is 0. The summed E-state index contributed by atoms with van der Waals surface area (Å²) in [7, 11) is 0. The van der Waals surface area contributed by atoms with Gasteiger partial charge in [-0.05, 0) is 46.5 Å². The number of rotatable bonds is 10. The van der Waals surface area contributed by atoms with Gasteiger partial charge in [0.2, 0.25) is 0 Å². The van der Waals surface area contributed by atoms with Crippen molar-refractivity contribution in [2.45, 2.75) is 19.8 Å². The van der Waals surface area contributed by atoms with Crippen LogP contribution in [0.25, 0.3) is 21.9 Å². The van der Waals surface area contributed by atoms with E-state index >= 15 is 0 Å². The number of amides is 1. The van der Waals surface area contributed by atoms with Gasteiger partial charge in [0.05, 0.1) is 12.8 Å². The maximum Gasteiger partial charge on any atom is 0.277 e. The highest BCUT2D eigenvalue weighted by Crippen LogP contribution is 2.27. The molecule has 5 nitrogen and oxygen atoms in total. The van der Waals surface area contributed by atoms with Crippen molar-refractivity contribution in [1.29, 1.82) is 0 Å². The van der Waals surface area contributed by atoms with Crippen molar-refractivity contribution in [2.24, 2.45) is 5.10 Å². The van der Waals surface area contributed by atoms with Gasteiger partial charge in [0.25, 0.3) is 5.91 Å². The Morgan fingerprint density at radius 1 is 0.853 bits per heavy atom. The molecule has 0 saturated carbocycles. The van der Waals surface area contributed by atoms with Crippen LogP contribution in [0.3, 0.4) is 0 Å². The number of hydrazone groups is 1. The Kier molecular flexibility index (Phi) is 7.90. The number of ether oxygens (including phenoxy) is 2. The fraction of sp³-hybridized carbons (Fsp3) is 0.172. The minimum absolute atomic E-state index is 0.128. The number of hydrogen-bond acceptors (Lipinski definition) is 4. The van der Waals surface area contributed by atoms with Gasteiger partial charge in [0.15, 0.2) is 6.61 Å². The summed E-state index contributed by atoms with van der Waals surface area (Å²) in [5.41, 5.74) is 5.61. The largest absolute Gasteiger partial charge is 0.493 e. The molecule has 0 unspecified atom stereocenters.